The average molecular weight is 259 g/mol. The van der Waals surface area contributed by atoms with Crippen LogP contribution in [-0.4, -0.2) is 12.7 Å². The van der Waals surface area contributed by atoms with Gasteiger partial charge in [0.25, 0.3) is 0 Å². The van der Waals surface area contributed by atoms with E-state index in [1.165, 1.54) is 6.07 Å². The topological polar surface area (TPSA) is 47.3 Å². The van der Waals surface area contributed by atoms with Gasteiger partial charge in [0.15, 0.2) is 0 Å². The Morgan fingerprint density at radius 1 is 1.59 bits per heavy atom. The van der Waals surface area contributed by atoms with Crippen LogP contribution in [0.15, 0.2) is 18.2 Å². The molecule has 3 N–H and O–H groups in total. The Labute approximate surface area is 105 Å². The maximum absolute atomic E-state index is 13.8. The van der Waals surface area contributed by atoms with Crippen molar-refractivity contribution in [2.75, 3.05) is 6.61 Å². The highest BCUT2D eigenvalue weighted by Gasteiger charge is 2.33. The molecule has 1 aromatic rings. The van der Waals surface area contributed by atoms with Gasteiger partial charge in [-0.05, 0) is 24.5 Å². The summed E-state index contributed by atoms with van der Waals surface area (Å²) in [4.78, 5) is 0. The number of rotatable bonds is 3. The van der Waals surface area contributed by atoms with Gasteiger partial charge in [-0.25, -0.2) is 4.39 Å². The lowest BCUT2D eigenvalue weighted by Crippen LogP contribution is -2.39. The number of benzene rings is 1. The third kappa shape index (κ3) is 2.60. The number of hydrazine groups is 1. The standard InChI is InChI=1S/C12H16ClFN2O/c1-7-4-5-17-12(7)11(16-15)9-3-2-8(13)6-10(9)14/h2-3,6-7,11-12,16H,4-5,15H2,1H3. The molecule has 1 fully saturated rings. The number of nitrogens with two attached hydrogens (primary N) is 1. The molecule has 5 heteroatoms. The Morgan fingerprint density at radius 3 is 2.88 bits per heavy atom. The van der Waals surface area contributed by atoms with Crippen LogP contribution in [0.1, 0.15) is 24.9 Å². The predicted octanol–water partition coefficient (Wildman–Crippen LogP) is 2.41. The first-order valence-electron chi connectivity index (χ1n) is 5.66. The van der Waals surface area contributed by atoms with Gasteiger partial charge in [0, 0.05) is 17.2 Å². The van der Waals surface area contributed by atoms with Crippen LogP contribution in [0, 0.1) is 11.7 Å². The van der Waals surface area contributed by atoms with Gasteiger partial charge in [-0.1, -0.05) is 24.6 Å². The first-order valence-corrected chi connectivity index (χ1v) is 6.04. The Kier molecular flexibility index (Phi) is 3.99. The third-order valence-electron chi connectivity index (χ3n) is 3.25. The van der Waals surface area contributed by atoms with E-state index >= 15 is 0 Å². The predicted molar refractivity (Wildman–Crippen MR) is 65.0 cm³/mol. The Bertz CT molecular complexity index is 402. The van der Waals surface area contributed by atoms with E-state index in [0.29, 0.717) is 23.1 Å². The summed E-state index contributed by atoms with van der Waals surface area (Å²) in [6, 6.07) is 4.26. The van der Waals surface area contributed by atoms with Crippen molar-refractivity contribution in [2.45, 2.75) is 25.5 Å². The molecule has 0 amide bonds. The average Bonchev–Trinajstić information content (AvgIpc) is 2.69. The van der Waals surface area contributed by atoms with E-state index in [1.54, 1.807) is 12.1 Å². The Balaban J connectivity index is 2.28. The summed E-state index contributed by atoms with van der Waals surface area (Å²) in [6.45, 7) is 2.77. The molecule has 3 atom stereocenters. The van der Waals surface area contributed by atoms with Crippen LogP contribution in [0.5, 0.6) is 0 Å². The van der Waals surface area contributed by atoms with Gasteiger partial charge in [-0.2, -0.15) is 0 Å². The van der Waals surface area contributed by atoms with Crippen molar-refractivity contribution in [3.8, 4) is 0 Å². The zero-order chi connectivity index (χ0) is 12.4. The number of halogens is 2. The number of hydrogen-bond donors (Lipinski definition) is 2. The van der Waals surface area contributed by atoms with Crippen molar-refractivity contribution < 1.29 is 9.13 Å². The highest BCUT2D eigenvalue weighted by molar-refractivity contribution is 6.30. The summed E-state index contributed by atoms with van der Waals surface area (Å²) in [6.07, 6.45) is 0.869. The molecule has 17 heavy (non-hydrogen) atoms. The summed E-state index contributed by atoms with van der Waals surface area (Å²) >= 11 is 5.73. The van der Waals surface area contributed by atoms with Gasteiger partial charge in [0.05, 0.1) is 12.1 Å². The van der Waals surface area contributed by atoms with E-state index in [4.69, 9.17) is 22.2 Å². The van der Waals surface area contributed by atoms with E-state index in [1.807, 2.05) is 0 Å². The first kappa shape index (κ1) is 12.8. The van der Waals surface area contributed by atoms with Crippen LogP contribution < -0.4 is 11.3 Å². The second-order valence-electron chi connectivity index (χ2n) is 4.41. The van der Waals surface area contributed by atoms with E-state index < -0.39 is 0 Å². The Morgan fingerprint density at radius 2 is 2.35 bits per heavy atom. The molecule has 0 saturated carbocycles. The molecule has 94 valence electrons. The maximum atomic E-state index is 13.8. The van der Waals surface area contributed by atoms with Gasteiger partial charge in [0.1, 0.15) is 5.82 Å². The minimum absolute atomic E-state index is 0.101. The smallest absolute Gasteiger partial charge is 0.129 e. The van der Waals surface area contributed by atoms with E-state index in [-0.39, 0.29) is 18.0 Å². The fraction of sp³-hybridized carbons (Fsp3) is 0.500. The molecule has 0 aromatic heterocycles. The van der Waals surface area contributed by atoms with Crippen molar-refractivity contribution in [3.63, 3.8) is 0 Å². The molecule has 3 nitrogen and oxygen atoms in total. The molecule has 0 spiro atoms. The fourth-order valence-electron chi connectivity index (χ4n) is 2.26. The second-order valence-corrected chi connectivity index (χ2v) is 4.85. The van der Waals surface area contributed by atoms with Gasteiger partial charge in [-0.15, -0.1) is 0 Å². The summed E-state index contributed by atoms with van der Waals surface area (Å²) in [5.41, 5.74) is 3.14. The summed E-state index contributed by atoms with van der Waals surface area (Å²) in [5, 5.41) is 0.377. The molecule has 1 heterocycles. The van der Waals surface area contributed by atoms with Crippen molar-refractivity contribution in [2.24, 2.45) is 11.8 Å². The highest BCUT2D eigenvalue weighted by atomic mass is 35.5. The molecule has 0 radical (unpaired) electrons. The fourth-order valence-corrected chi connectivity index (χ4v) is 2.42. The van der Waals surface area contributed by atoms with Crippen LogP contribution in [0.4, 0.5) is 4.39 Å². The molecular weight excluding hydrogens is 243 g/mol. The van der Waals surface area contributed by atoms with Crippen LogP contribution >= 0.6 is 11.6 Å². The minimum Gasteiger partial charge on any atom is -0.376 e. The van der Waals surface area contributed by atoms with Crippen LogP contribution in [0.2, 0.25) is 5.02 Å². The molecule has 1 aliphatic rings. The summed E-state index contributed by atoms with van der Waals surface area (Å²) in [5.74, 6) is 5.52. The van der Waals surface area contributed by atoms with Crippen molar-refractivity contribution >= 4 is 11.6 Å². The van der Waals surface area contributed by atoms with Gasteiger partial charge in [-0.3, -0.25) is 11.3 Å². The van der Waals surface area contributed by atoms with Crippen molar-refractivity contribution in [1.29, 1.82) is 0 Å². The zero-order valence-electron chi connectivity index (χ0n) is 9.62. The lowest BCUT2D eigenvalue weighted by molar-refractivity contribution is 0.0596. The molecule has 0 aliphatic carbocycles. The van der Waals surface area contributed by atoms with Crippen molar-refractivity contribution in [3.05, 3.63) is 34.6 Å². The maximum Gasteiger partial charge on any atom is 0.129 e. The monoisotopic (exact) mass is 258 g/mol. The van der Waals surface area contributed by atoms with E-state index in [0.717, 1.165) is 6.42 Å². The Hall–Kier alpha value is -0.680. The molecule has 2 rings (SSSR count). The lowest BCUT2D eigenvalue weighted by Gasteiger charge is -2.26. The molecule has 1 aromatic carbocycles. The van der Waals surface area contributed by atoms with Crippen LogP contribution in [0.3, 0.4) is 0 Å². The lowest BCUT2D eigenvalue weighted by atomic mass is 9.92. The molecule has 3 unspecified atom stereocenters. The molecule has 1 aliphatic heterocycles. The normalized spacial score (nSPS) is 26.1. The molecule has 1 saturated heterocycles. The molecular formula is C12H16ClFN2O. The van der Waals surface area contributed by atoms with Gasteiger partial charge >= 0.3 is 0 Å². The summed E-state index contributed by atoms with van der Waals surface area (Å²) < 4.78 is 19.4. The summed E-state index contributed by atoms with van der Waals surface area (Å²) in [7, 11) is 0. The quantitative estimate of drug-likeness (QED) is 0.647. The highest BCUT2D eigenvalue weighted by Crippen LogP contribution is 2.32. The zero-order valence-corrected chi connectivity index (χ0v) is 10.4. The number of hydrogen-bond acceptors (Lipinski definition) is 3. The van der Waals surface area contributed by atoms with Crippen LogP contribution in [0.25, 0.3) is 0 Å². The first-order chi connectivity index (χ1) is 8.13. The SMILES string of the molecule is CC1CCOC1C(NN)c1ccc(Cl)cc1F. The van der Waals surface area contributed by atoms with Gasteiger partial charge in [0.2, 0.25) is 0 Å². The van der Waals surface area contributed by atoms with E-state index in [2.05, 4.69) is 12.3 Å². The number of ether oxygens (including phenoxy) is 1. The van der Waals surface area contributed by atoms with Gasteiger partial charge < -0.3 is 4.74 Å². The molecule has 0 bridgehead atoms. The van der Waals surface area contributed by atoms with Crippen LogP contribution in [-0.2, 0) is 4.74 Å². The third-order valence-corrected chi connectivity index (χ3v) is 3.49. The second kappa shape index (κ2) is 5.31. The minimum atomic E-state index is -0.358. The van der Waals surface area contributed by atoms with Crippen molar-refractivity contribution in [1.82, 2.24) is 5.43 Å². The van der Waals surface area contributed by atoms with E-state index in [9.17, 15) is 4.39 Å². The number of nitrogens with one attached hydrogen (secondary N) is 1. The largest absolute Gasteiger partial charge is 0.376 e.